The highest BCUT2D eigenvalue weighted by Crippen LogP contribution is 2.26. The van der Waals surface area contributed by atoms with Crippen LogP contribution >= 0.6 is 0 Å². The third kappa shape index (κ3) is 3.98. The van der Waals surface area contributed by atoms with Crippen molar-refractivity contribution < 1.29 is 4.79 Å². The molecule has 1 saturated carbocycles. The van der Waals surface area contributed by atoms with Gasteiger partial charge in [0.05, 0.1) is 0 Å². The van der Waals surface area contributed by atoms with Crippen LogP contribution in [0.5, 0.6) is 0 Å². The van der Waals surface area contributed by atoms with Crippen LogP contribution in [0, 0.1) is 11.8 Å². The van der Waals surface area contributed by atoms with Crippen molar-refractivity contribution in [1.29, 1.82) is 0 Å². The van der Waals surface area contributed by atoms with Crippen LogP contribution in [0.4, 0.5) is 0 Å². The Morgan fingerprint density at radius 1 is 1.18 bits per heavy atom. The van der Waals surface area contributed by atoms with E-state index in [9.17, 15) is 4.79 Å². The van der Waals surface area contributed by atoms with Crippen LogP contribution in [0.1, 0.15) is 44.9 Å². The molecular formula is C14H26N2O. The fraction of sp³-hybridized carbons (Fsp3) is 0.929. The van der Waals surface area contributed by atoms with Gasteiger partial charge in [-0.3, -0.25) is 4.79 Å². The molecule has 2 fully saturated rings. The number of hydrogen-bond donors (Lipinski definition) is 1. The van der Waals surface area contributed by atoms with Crippen LogP contribution in [0.2, 0.25) is 0 Å². The quantitative estimate of drug-likeness (QED) is 0.812. The normalized spacial score (nSPS) is 26.1. The third-order valence-electron chi connectivity index (χ3n) is 4.31. The molecular weight excluding hydrogens is 212 g/mol. The van der Waals surface area contributed by atoms with Gasteiger partial charge in [0.2, 0.25) is 5.91 Å². The van der Waals surface area contributed by atoms with E-state index >= 15 is 0 Å². The molecule has 0 aromatic heterocycles. The Balaban J connectivity index is 1.70. The zero-order chi connectivity index (χ0) is 12.1. The summed E-state index contributed by atoms with van der Waals surface area (Å²) in [6.07, 6.45) is 8.57. The fourth-order valence-electron chi connectivity index (χ4n) is 3.15. The maximum atomic E-state index is 12.1. The van der Waals surface area contributed by atoms with Crippen LogP contribution in [0.3, 0.4) is 0 Å². The van der Waals surface area contributed by atoms with E-state index in [1.54, 1.807) is 0 Å². The van der Waals surface area contributed by atoms with Crippen molar-refractivity contribution in [3.05, 3.63) is 0 Å². The summed E-state index contributed by atoms with van der Waals surface area (Å²) in [7, 11) is 1.98. The SMILES string of the molecule is CN(CC1CCNC1)C(=O)CC1CCCCC1. The minimum Gasteiger partial charge on any atom is -0.345 e. The lowest BCUT2D eigenvalue weighted by atomic mass is 9.86. The first-order valence-electron chi connectivity index (χ1n) is 7.20. The summed E-state index contributed by atoms with van der Waals surface area (Å²) in [5.74, 6) is 1.71. The van der Waals surface area contributed by atoms with Gasteiger partial charge in [-0.25, -0.2) is 0 Å². The Bertz CT molecular complexity index is 243. The predicted octanol–water partition coefficient (Wildman–Crippen LogP) is 2.02. The van der Waals surface area contributed by atoms with Gasteiger partial charge in [0.1, 0.15) is 0 Å². The zero-order valence-electron chi connectivity index (χ0n) is 11.1. The lowest BCUT2D eigenvalue weighted by Crippen LogP contribution is -2.34. The van der Waals surface area contributed by atoms with Crippen LogP contribution < -0.4 is 5.32 Å². The Morgan fingerprint density at radius 3 is 2.59 bits per heavy atom. The first-order valence-corrected chi connectivity index (χ1v) is 7.20. The number of hydrogen-bond acceptors (Lipinski definition) is 2. The van der Waals surface area contributed by atoms with Crippen molar-refractivity contribution >= 4 is 5.91 Å². The molecule has 0 radical (unpaired) electrons. The molecule has 1 aliphatic heterocycles. The van der Waals surface area contributed by atoms with Gasteiger partial charge in [-0.1, -0.05) is 19.3 Å². The predicted molar refractivity (Wildman–Crippen MR) is 69.8 cm³/mol. The van der Waals surface area contributed by atoms with Crippen LogP contribution in [-0.2, 0) is 4.79 Å². The topological polar surface area (TPSA) is 32.3 Å². The van der Waals surface area contributed by atoms with Gasteiger partial charge in [-0.05, 0) is 44.2 Å². The average molecular weight is 238 g/mol. The van der Waals surface area contributed by atoms with Crippen molar-refractivity contribution in [2.75, 3.05) is 26.7 Å². The molecule has 1 saturated heterocycles. The molecule has 0 spiro atoms. The summed E-state index contributed by atoms with van der Waals surface area (Å²) in [5, 5.41) is 3.36. The molecule has 1 N–H and O–H groups in total. The van der Waals surface area contributed by atoms with Crippen LogP contribution in [0.25, 0.3) is 0 Å². The fourth-order valence-corrected chi connectivity index (χ4v) is 3.15. The van der Waals surface area contributed by atoms with Crippen molar-refractivity contribution in [3.8, 4) is 0 Å². The number of carbonyl (C=O) groups excluding carboxylic acids is 1. The molecule has 1 aliphatic carbocycles. The maximum absolute atomic E-state index is 12.1. The maximum Gasteiger partial charge on any atom is 0.222 e. The van der Waals surface area contributed by atoms with Gasteiger partial charge < -0.3 is 10.2 Å². The van der Waals surface area contributed by atoms with E-state index in [0.29, 0.717) is 17.7 Å². The third-order valence-corrected chi connectivity index (χ3v) is 4.31. The van der Waals surface area contributed by atoms with Gasteiger partial charge in [-0.2, -0.15) is 0 Å². The van der Waals surface area contributed by atoms with E-state index in [-0.39, 0.29) is 0 Å². The summed E-state index contributed by atoms with van der Waals surface area (Å²) < 4.78 is 0. The second kappa shape index (κ2) is 6.39. The van der Waals surface area contributed by atoms with E-state index in [4.69, 9.17) is 0 Å². The lowest BCUT2D eigenvalue weighted by Gasteiger charge is -2.25. The molecule has 17 heavy (non-hydrogen) atoms. The first kappa shape index (κ1) is 12.9. The molecule has 0 bridgehead atoms. The highest BCUT2D eigenvalue weighted by atomic mass is 16.2. The average Bonchev–Trinajstić information content (AvgIpc) is 2.83. The molecule has 1 unspecified atom stereocenters. The molecule has 1 atom stereocenters. The molecule has 98 valence electrons. The summed E-state index contributed by atoms with van der Waals surface area (Å²) in [4.78, 5) is 14.1. The molecule has 0 aromatic carbocycles. The van der Waals surface area contributed by atoms with Crippen molar-refractivity contribution in [1.82, 2.24) is 10.2 Å². The van der Waals surface area contributed by atoms with Crippen LogP contribution in [0.15, 0.2) is 0 Å². The highest BCUT2D eigenvalue weighted by Gasteiger charge is 2.22. The van der Waals surface area contributed by atoms with Gasteiger partial charge in [-0.15, -0.1) is 0 Å². The number of carbonyl (C=O) groups is 1. The van der Waals surface area contributed by atoms with Gasteiger partial charge in [0.15, 0.2) is 0 Å². The van der Waals surface area contributed by atoms with Crippen molar-refractivity contribution in [3.63, 3.8) is 0 Å². The number of nitrogens with one attached hydrogen (secondary N) is 1. The Kier molecular flexibility index (Phi) is 4.84. The zero-order valence-corrected chi connectivity index (χ0v) is 11.1. The molecule has 2 rings (SSSR count). The van der Waals surface area contributed by atoms with E-state index in [1.165, 1.54) is 38.5 Å². The van der Waals surface area contributed by atoms with E-state index in [1.807, 2.05) is 11.9 Å². The molecule has 0 aromatic rings. The van der Waals surface area contributed by atoms with Gasteiger partial charge >= 0.3 is 0 Å². The lowest BCUT2D eigenvalue weighted by molar-refractivity contribution is -0.131. The van der Waals surface area contributed by atoms with E-state index in [0.717, 1.165) is 26.1 Å². The number of rotatable bonds is 4. The molecule has 1 amide bonds. The van der Waals surface area contributed by atoms with Gasteiger partial charge in [0, 0.05) is 20.0 Å². The second-order valence-corrected chi connectivity index (χ2v) is 5.84. The second-order valence-electron chi connectivity index (χ2n) is 5.84. The Labute approximate surface area is 105 Å². The van der Waals surface area contributed by atoms with E-state index < -0.39 is 0 Å². The molecule has 1 heterocycles. The summed E-state index contributed by atoms with van der Waals surface area (Å²) in [6, 6.07) is 0. The Morgan fingerprint density at radius 2 is 1.94 bits per heavy atom. The molecule has 2 aliphatic rings. The minimum absolute atomic E-state index is 0.365. The van der Waals surface area contributed by atoms with Crippen molar-refractivity contribution in [2.45, 2.75) is 44.9 Å². The smallest absolute Gasteiger partial charge is 0.222 e. The summed E-state index contributed by atoms with van der Waals surface area (Å²) >= 11 is 0. The summed E-state index contributed by atoms with van der Waals surface area (Å²) in [5.41, 5.74) is 0. The molecule has 3 nitrogen and oxygen atoms in total. The highest BCUT2D eigenvalue weighted by molar-refractivity contribution is 5.76. The minimum atomic E-state index is 0.365. The standard InChI is InChI=1S/C14H26N2O/c1-16(11-13-7-8-15-10-13)14(17)9-12-5-3-2-4-6-12/h12-13,15H,2-11H2,1H3. The summed E-state index contributed by atoms with van der Waals surface area (Å²) in [6.45, 7) is 3.15. The molecule has 3 heteroatoms. The van der Waals surface area contributed by atoms with Gasteiger partial charge in [0.25, 0.3) is 0 Å². The van der Waals surface area contributed by atoms with Crippen LogP contribution in [-0.4, -0.2) is 37.5 Å². The largest absolute Gasteiger partial charge is 0.345 e. The van der Waals surface area contributed by atoms with Crippen molar-refractivity contribution in [2.24, 2.45) is 11.8 Å². The Hall–Kier alpha value is -0.570. The van der Waals surface area contributed by atoms with E-state index in [2.05, 4.69) is 5.32 Å². The monoisotopic (exact) mass is 238 g/mol. The number of nitrogens with zero attached hydrogens (tertiary/aromatic N) is 1. The first-order chi connectivity index (χ1) is 8.25. The number of amides is 1.